The van der Waals surface area contributed by atoms with Crippen molar-refractivity contribution in [3.8, 4) is 0 Å². The number of hydrogen-bond donors (Lipinski definition) is 0. The largest absolute Gasteiger partial charge is 0.0879 e. The first kappa shape index (κ1) is 10.0. The molecule has 0 nitrogen and oxygen atoms in total. The zero-order valence-electron chi connectivity index (χ0n) is 8.15. The fraction of sp³-hybridized carbons (Fsp3) is 0.385. The molecule has 0 unspecified atom stereocenters. The summed E-state index contributed by atoms with van der Waals surface area (Å²) in [7, 11) is 0. The average Bonchev–Trinajstić information content (AvgIpc) is 2.18. The number of allylic oxidation sites excluding steroid dienone is 8. The van der Waals surface area contributed by atoms with Crippen molar-refractivity contribution in [2.24, 2.45) is 0 Å². The lowest BCUT2D eigenvalue weighted by molar-refractivity contribution is 1.04. The molecule has 0 radical (unpaired) electrons. The van der Waals surface area contributed by atoms with Gasteiger partial charge in [-0.1, -0.05) is 48.6 Å². The molecule has 70 valence electrons. The predicted molar refractivity (Wildman–Crippen MR) is 59.6 cm³/mol. The Kier molecular flexibility index (Phi) is 5.87. The van der Waals surface area contributed by atoms with Crippen LogP contribution in [-0.2, 0) is 0 Å². The minimum atomic E-state index is 1.07. The second-order valence-corrected chi connectivity index (χ2v) is 3.17. The minimum absolute atomic E-state index is 1.07. The fourth-order valence-electron chi connectivity index (χ4n) is 1.24. The Labute approximate surface area is 81.4 Å². The van der Waals surface area contributed by atoms with Crippen molar-refractivity contribution >= 4 is 0 Å². The summed E-state index contributed by atoms with van der Waals surface area (Å²) in [6.45, 7) is 0. The molecule has 1 rings (SSSR count). The van der Waals surface area contributed by atoms with Crippen molar-refractivity contribution in [3.05, 3.63) is 48.6 Å². The predicted octanol–water partition coefficient (Wildman–Crippen LogP) is 4.18. The lowest BCUT2D eigenvalue weighted by atomic mass is 10.2. The van der Waals surface area contributed by atoms with E-state index in [2.05, 4.69) is 48.6 Å². The van der Waals surface area contributed by atoms with Crippen molar-refractivity contribution in [1.29, 1.82) is 0 Å². The van der Waals surface area contributed by atoms with Crippen LogP contribution in [0.2, 0.25) is 0 Å². The Balaban J connectivity index is 2.38. The van der Waals surface area contributed by atoms with Crippen LogP contribution in [0.4, 0.5) is 0 Å². The Morgan fingerprint density at radius 2 is 0.692 bits per heavy atom. The van der Waals surface area contributed by atoms with Gasteiger partial charge in [0.1, 0.15) is 0 Å². The highest BCUT2D eigenvalue weighted by molar-refractivity contribution is 5.00. The van der Waals surface area contributed by atoms with Gasteiger partial charge in [0.15, 0.2) is 0 Å². The van der Waals surface area contributed by atoms with Crippen LogP contribution in [0.5, 0.6) is 0 Å². The lowest BCUT2D eigenvalue weighted by Crippen LogP contribution is -1.65. The normalized spacial score (nSPS) is 26.5. The van der Waals surface area contributed by atoms with Gasteiger partial charge in [-0.3, -0.25) is 0 Å². The van der Waals surface area contributed by atoms with Gasteiger partial charge < -0.3 is 0 Å². The maximum absolute atomic E-state index is 2.26. The Morgan fingerprint density at radius 1 is 0.385 bits per heavy atom. The summed E-state index contributed by atoms with van der Waals surface area (Å²) in [6.07, 6.45) is 23.5. The van der Waals surface area contributed by atoms with Crippen LogP contribution < -0.4 is 0 Å². The van der Waals surface area contributed by atoms with Gasteiger partial charge in [-0.15, -0.1) is 0 Å². The van der Waals surface area contributed by atoms with Gasteiger partial charge in [0.2, 0.25) is 0 Å². The van der Waals surface area contributed by atoms with Crippen LogP contribution in [0.25, 0.3) is 0 Å². The summed E-state index contributed by atoms with van der Waals surface area (Å²) in [4.78, 5) is 0. The Hall–Kier alpha value is -1.04. The standard InChI is InChI=1S/C13H18/c1-2-4-6-8-10-12-13-11-9-7-5-3-1/h1-2,5-8,11,13H,3-4,9-10,12H2/b2-1+,7-5?,8-6+,13-11-. The van der Waals surface area contributed by atoms with Crippen molar-refractivity contribution in [2.45, 2.75) is 32.1 Å². The third kappa shape index (κ3) is 6.15. The topological polar surface area (TPSA) is 0 Å². The monoisotopic (exact) mass is 174 g/mol. The summed E-state index contributed by atoms with van der Waals surface area (Å²) < 4.78 is 0. The SMILES string of the molecule is C1=CC/C=C/C/C=C/CC/C=C\C1. The molecule has 0 amide bonds. The highest BCUT2D eigenvalue weighted by Crippen LogP contribution is 1.99. The first-order chi connectivity index (χ1) is 6.50. The van der Waals surface area contributed by atoms with Crippen molar-refractivity contribution in [2.75, 3.05) is 0 Å². The summed E-state index contributed by atoms with van der Waals surface area (Å²) in [6, 6.07) is 0. The molecule has 0 N–H and O–H groups in total. The van der Waals surface area contributed by atoms with E-state index >= 15 is 0 Å². The van der Waals surface area contributed by atoms with Crippen LogP contribution in [-0.4, -0.2) is 0 Å². The molecule has 0 spiro atoms. The molecule has 1 aliphatic carbocycles. The van der Waals surface area contributed by atoms with Gasteiger partial charge in [-0.2, -0.15) is 0 Å². The van der Waals surface area contributed by atoms with Crippen LogP contribution in [0.15, 0.2) is 48.6 Å². The maximum Gasteiger partial charge on any atom is -0.0169 e. The number of rotatable bonds is 0. The molecule has 0 heterocycles. The van der Waals surface area contributed by atoms with Gasteiger partial charge >= 0.3 is 0 Å². The molecular formula is C13H18. The van der Waals surface area contributed by atoms with Gasteiger partial charge in [0, 0.05) is 0 Å². The van der Waals surface area contributed by atoms with E-state index in [1.807, 2.05) is 0 Å². The van der Waals surface area contributed by atoms with Gasteiger partial charge in [-0.25, -0.2) is 0 Å². The van der Waals surface area contributed by atoms with Gasteiger partial charge in [0.25, 0.3) is 0 Å². The molecule has 0 saturated carbocycles. The molecule has 13 heavy (non-hydrogen) atoms. The zero-order valence-corrected chi connectivity index (χ0v) is 8.15. The molecule has 0 atom stereocenters. The van der Waals surface area contributed by atoms with Crippen molar-refractivity contribution in [3.63, 3.8) is 0 Å². The van der Waals surface area contributed by atoms with Crippen LogP contribution in [0.1, 0.15) is 32.1 Å². The highest BCUT2D eigenvalue weighted by atomic mass is 13.9. The van der Waals surface area contributed by atoms with E-state index in [4.69, 9.17) is 0 Å². The zero-order chi connectivity index (χ0) is 9.19. The summed E-state index contributed by atoms with van der Waals surface area (Å²) in [5.41, 5.74) is 0. The van der Waals surface area contributed by atoms with Gasteiger partial charge in [0.05, 0.1) is 0 Å². The van der Waals surface area contributed by atoms with E-state index in [0.717, 1.165) is 19.3 Å². The molecule has 1 aliphatic rings. The van der Waals surface area contributed by atoms with Crippen LogP contribution >= 0.6 is 0 Å². The Bertz CT molecular complexity index is 192. The molecule has 0 saturated heterocycles. The lowest BCUT2D eigenvalue weighted by Gasteiger charge is -1.85. The van der Waals surface area contributed by atoms with Crippen LogP contribution in [0, 0.1) is 0 Å². The molecule has 0 bridgehead atoms. The molecule has 0 aromatic heterocycles. The summed E-state index contributed by atoms with van der Waals surface area (Å²) in [5.74, 6) is 0. The highest BCUT2D eigenvalue weighted by Gasteiger charge is 1.78. The third-order valence-electron chi connectivity index (χ3n) is 1.98. The first-order valence-electron chi connectivity index (χ1n) is 5.10. The van der Waals surface area contributed by atoms with E-state index in [1.54, 1.807) is 0 Å². The molecule has 0 aromatic rings. The summed E-state index contributed by atoms with van der Waals surface area (Å²) >= 11 is 0. The van der Waals surface area contributed by atoms with Gasteiger partial charge in [-0.05, 0) is 32.1 Å². The van der Waals surface area contributed by atoms with E-state index in [-0.39, 0.29) is 0 Å². The summed E-state index contributed by atoms with van der Waals surface area (Å²) in [5, 5.41) is 0. The quantitative estimate of drug-likeness (QED) is 0.483. The van der Waals surface area contributed by atoms with E-state index in [1.165, 1.54) is 12.8 Å². The first-order valence-corrected chi connectivity index (χ1v) is 5.10. The smallest absolute Gasteiger partial charge is 0.0169 e. The second-order valence-electron chi connectivity index (χ2n) is 3.17. The molecule has 0 aromatic carbocycles. The molecular weight excluding hydrogens is 156 g/mol. The molecule has 0 fully saturated rings. The maximum atomic E-state index is 2.26. The third-order valence-corrected chi connectivity index (χ3v) is 1.98. The van der Waals surface area contributed by atoms with Crippen molar-refractivity contribution in [1.82, 2.24) is 0 Å². The van der Waals surface area contributed by atoms with Crippen molar-refractivity contribution < 1.29 is 0 Å². The molecule has 0 heteroatoms. The van der Waals surface area contributed by atoms with Crippen LogP contribution in [0.3, 0.4) is 0 Å². The van der Waals surface area contributed by atoms with E-state index in [9.17, 15) is 0 Å². The number of hydrogen-bond acceptors (Lipinski definition) is 0. The molecule has 0 aliphatic heterocycles. The van der Waals surface area contributed by atoms with E-state index < -0.39 is 0 Å². The second kappa shape index (κ2) is 7.60. The average molecular weight is 174 g/mol. The van der Waals surface area contributed by atoms with E-state index in [0.29, 0.717) is 0 Å². The Morgan fingerprint density at radius 3 is 1.08 bits per heavy atom. The fourth-order valence-corrected chi connectivity index (χ4v) is 1.24. The minimum Gasteiger partial charge on any atom is -0.0879 e.